The van der Waals surface area contributed by atoms with E-state index in [4.69, 9.17) is 0 Å². The summed E-state index contributed by atoms with van der Waals surface area (Å²) in [7, 11) is 1.85. The van der Waals surface area contributed by atoms with Crippen LogP contribution in [0.3, 0.4) is 0 Å². The van der Waals surface area contributed by atoms with Crippen LogP contribution >= 0.6 is 0 Å². The molecule has 5 rings (SSSR count). The van der Waals surface area contributed by atoms with Gasteiger partial charge in [0.1, 0.15) is 18.4 Å². The number of imidazole rings is 1. The van der Waals surface area contributed by atoms with E-state index < -0.39 is 0 Å². The molecule has 0 saturated carbocycles. The van der Waals surface area contributed by atoms with Gasteiger partial charge in [0.05, 0.1) is 10.9 Å². The second-order valence-corrected chi connectivity index (χ2v) is 5.74. The second-order valence-electron chi connectivity index (χ2n) is 5.74. The molecular formula is C16H14N3O+. The van der Waals surface area contributed by atoms with E-state index in [9.17, 15) is 4.79 Å². The Kier molecular flexibility index (Phi) is 1.67. The summed E-state index contributed by atoms with van der Waals surface area (Å²) in [5, 5.41) is 1.23. The SMILES string of the molecule is Cn1c(=O)n2cc[n+]3c2c2c(cccc21)C1CC=CC13. The third-order valence-electron chi connectivity index (χ3n) is 4.86. The molecule has 98 valence electrons. The number of rotatable bonds is 0. The average molecular weight is 264 g/mol. The lowest BCUT2D eigenvalue weighted by molar-refractivity contribution is -0.689. The lowest BCUT2D eigenvalue weighted by Crippen LogP contribution is -2.43. The molecule has 2 aromatic heterocycles. The van der Waals surface area contributed by atoms with Crippen molar-refractivity contribution in [2.75, 3.05) is 0 Å². The zero-order chi connectivity index (χ0) is 13.4. The summed E-state index contributed by atoms with van der Waals surface area (Å²) in [4.78, 5) is 12.5. The molecule has 4 heteroatoms. The van der Waals surface area contributed by atoms with Gasteiger partial charge in [0, 0.05) is 13.0 Å². The highest BCUT2D eigenvalue weighted by Gasteiger charge is 2.39. The molecule has 0 spiro atoms. The van der Waals surface area contributed by atoms with Crippen LogP contribution in [0.15, 0.2) is 47.5 Å². The van der Waals surface area contributed by atoms with Gasteiger partial charge in [-0.3, -0.25) is 4.57 Å². The number of hydrogen-bond donors (Lipinski definition) is 0. The molecule has 0 bridgehead atoms. The number of fused-ring (bicyclic) bond motifs is 3. The minimum Gasteiger partial charge on any atom is -0.276 e. The lowest BCUT2D eigenvalue weighted by Gasteiger charge is -2.24. The maximum atomic E-state index is 12.5. The van der Waals surface area contributed by atoms with Crippen LogP contribution in [0.25, 0.3) is 16.6 Å². The number of nitrogens with zero attached hydrogens (tertiary/aromatic N) is 3. The zero-order valence-corrected chi connectivity index (χ0v) is 11.2. The third kappa shape index (κ3) is 0.975. The normalized spacial score (nSPS) is 23.1. The van der Waals surface area contributed by atoms with Crippen LogP contribution in [0.4, 0.5) is 0 Å². The van der Waals surface area contributed by atoms with Gasteiger partial charge in [0.2, 0.25) is 0 Å². The van der Waals surface area contributed by atoms with Crippen molar-refractivity contribution in [3.05, 3.63) is 58.8 Å². The molecule has 2 unspecified atom stereocenters. The molecule has 4 nitrogen and oxygen atoms in total. The van der Waals surface area contributed by atoms with Gasteiger partial charge in [-0.25, -0.2) is 9.36 Å². The van der Waals surface area contributed by atoms with Crippen LogP contribution in [0, 0.1) is 0 Å². The molecule has 2 aliphatic rings. The van der Waals surface area contributed by atoms with Crippen molar-refractivity contribution >= 4 is 16.6 Å². The van der Waals surface area contributed by atoms with Crippen LogP contribution in [-0.2, 0) is 7.05 Å². The highest BCUT2D eigenvalue weighted by Crippen LogP contribution is 2.42. The van der Waals surface area contributed by atoms with Gasteiger partial charge in [-0.15, -0.1) is 4.40 Å². The molecule has 3 aromatic rings. The average Bonchev–Trinajstić information content (AvgIpc) is 3.10. The highest BCUT2D eigenvalue weighted by atomic mass is 16.1. The Morgan fingerprint density at radius 2 is 2.25 bits per heavy atom. The summed E-state index contributed by atoms with van der Waals surface area (Å²) in [6, 6.07) is 6.68. The number of aromatic nitrogens is 3. The Morgan fingerprint density at radius 3 is 3.15 bits per heavy atom. The van der Waals surface area contributed by atoms with Gasteiger partial charge in [-0.1, -0.05) is 18.2 Å². The Labute approximate surface area is 115 Å². The fraction of sp³-hybridized carbons (Fsp3) is 0.250. The molecule has 3 heterocycles. The Bertz CT molecular complexity index is 977. The van der Waals surface area contributed by atoms with Crippen molar-refractivity contribution in [1.82, 2.24) is 8.97 Å². The first kappa shape index (κ1) is 10.4. The van der Waals surface area contributed by atoms with Gasteiger partial charge in [0.25, 0.3) is 0 Å². The molecule has 1 aromatic carbocycles. The van der Waals surface area contributed by atoms with Gasteiger partial charge < -0.3 is 0 Å². The summed E-state index contributed by atoms with van der Waals surface area (Å²) in [6.07, 6.45) is 9.54. The van der Waals surface area contributed by atoms with Crippen LogP contribution in [0.5, 0.6) is 0 Å². The fourth-order valence-corrected chi connectivity index (χ4v) is 3.94. The molecule has 0 saturated heterocycles. The molecular weight excluding hydrogens is 250 g/mol. The first-order valence-electron chi connectivity index (χ1n) is 6.98. The summed E-state index contributed by atoms with van der Waals surface area (Å²) in [5.74, 6) is 0.500. The topological polar surface area (TPSA) is 30.3 Å². The summed E-state index contributed by atoms with van der Waals surface area (Å²) in [6.45, 7) is 0. The van der Waals surface area contributed by atoms with Crippen molar-refractivity contribution in [2.24, 2.45) is 7.05 Å². The molecule has 0 N–H and O–H groups in total. The van der Waals surface area contributed by atoms with Crippen LogP contribution in [-0.4, -0.2) is 8.97 Å². The minimum atomic E-state index is 0.0174. The molecule has 1 aliphatic heterocycles. The zero-order valence-electron chi connectivity index (χ0n) is 11.2. The standard InChI is InChI=1S/C16H14N3O/c1-17-13-7-3-5-11-10-4-2-6-12(10)18-8-9-19(16(17)20)15(18)14(11)13/h2-3,5-10,12H,4H2,1H3/q+1. The van der Waals surface area contributed by atoms with Crippen LogP contribution in [0.1, 0.15) is 23.9 Å². The first-order valence-corrected chi connectivity index (χ1v) is 6.98. The van der Waals surface area contributed by atoms with E-state index in [2.05, 4.69) is 28.9 Å². The van der Waals surface area contributed by atoms with Crippen molar-refractivity contribution in [3.63, 3.8) is 0 Å². The molecule has 0 amide bonds. The predicted octanol–water partition coefficient (Wildman–Crippen LogP) is 1.68. The molecule has 1 aliphatic carbocycles. The Hall–Kier alpha value is -2.36. The van der Waals surface area contributed by atoms with Gasteiger partial charge in [-0.05, 0) is 24.1 Å². The monoisotopic (exact) mass is 264 g/mol. The summed E-state index contributed by atoms with van der Waals surface area (Å²) < 4.78 is 5.78. The quantitative estimate of drug-likeness (QED) is 0.449. The van der Waals surface area contributed by atoms with Crippen molar-refractivity contribution in [1.29, 1.82) is 0 Å². The van der Waals surface area contributed by atoms with Crippen molar-refractivity contribution in [2.45, 2.75) is 18.4 Å². The number of benzene rings is 1. The second kappa shape index (κ2) is 3.20. The van der Waals surface area contributed by atoms with Crippen molar-refractivity contribution in [3.8, 4) is 0 Å². The van der Waals surface area contributed by atoms with E-state index >= 15 is 0 Å². The van der Waals surface area contributed by atoms with Gasteiger partial charge in [-0.2, -0.15) is 0 Å². The largest absolute Gasteiger partial charge is 0.420 e. The lowest BCUT2D eigenvalue weighted by atomic mass is 9.88. The number of hydrogen-bond acceptors (Lipinski definition) is 1. The van der Waals surface area contributed by atoms with E-state index in [0.717, 1.165) is 17.6 Å². The van der Waals surface area contributed by atoms with E-state index in [1.165, 1.54) is 10.9 Å². The molecule has 2 atom stereocenters. The van der Waals surface area contributed by atoms with Gasteiger partial charge >= 0.3 is 11.3 Å². The Morgan fingerprint density at radius 1 is 1.35 bits per heavy atom. The molecule has 0 radical (unpaired) electrons. The smallest absolute Gasteiger partial charge is 0.276 e. The van der Waals surface area contributed by atoms with E-state index in [-0.39, 0.29) is 5.69 Å². The Balaban J connectivity index is 2.15. The minimum absolute atomic E-state index is 0.0174. The molecule has 0 fully saturated rings. The summed E-state index contributed by atoms with van der Waals surface area (Å²) in [5.41, 5.74) is 3.45. The summed E-state index contributed by atoms with van der Waals surface area (Å²) >= 11 is 0. The van der Waals surface area contributed by atoms with Crippen LogP contribution < -0.4 is 10.3 Å². The maximum Gasteiger partial charge on any atom is 0.420 e. The number of allylic oxidation sites excluding steroid dienone is 2. The highest BCUT2D eigenvalue weighted by molar-refractivity contribution is 5.94. The molecule has 20 heavy (non-hydrogen) atoms. The first-order chi connectivity index (χ1) is 9.77. The van der Waals surface area contributed by atoms with E-state index in [1.54, 1.807) is 8.97 Å². The van der Waals surface area contributed by atoms with E-state index in [1.807, 2.05) is 25.5 Å². The van der Waals surface area contributed by atoms with Crippen LogP contribution in [0.2, 0.25) is 0 Å². The van der Waals surface area contributed by atoms with Gasteiger partial charge in [0.15, 0.2) is 0 Å². The van der Waals surface area contributed by atoms with Crippen molar-refractivity contribution < 1.29 is 4.57 Å². The fourth-order valence-electron chi connectivity index (χ4n) is 3.94. The van der Waals surface area contributed by atoms with E-state index in [0.29, 0.717) is 12.0 Å². The maximum absolute atomic E-state index is 12.5. The number of aryl methyl sites for hydroxylation is 1. The predicted molar refractivity (Wildman–Crippen MR) is 75.9 cm³/mol. The third-order valence-corrected chi connectivity index (χ3v) is 4.86.